The standard InChI is InChI=1S/C14H18N4S/c1-3-8-16-12-9-13(18-14(15)17-12)19-11-6-4-10(2)5-7-11/h4-7,9H,3,8H2,1-2H3,(H3,15,16,17,18). The molecule has 0 atom stereocenters. The Morgan fingerprint density at radius 2 is 1.95 bits per heavy atom. The lowest BCUT2D eigenvalue weighted by molar-refractivity contribution is 0.957. The highest BCUT2D eigenvalue weighted by atomic mass is 32.2. The topological polar surface area (TPSA) is 63.8 Å². The first-order valence-electron chi connectivity index (χ1n) is 6.30. The quantitative estimate of drug-likeness (QED) is 0.819. The normalized spacial score (nSPS) is 10.4. The molecule has 0 aliphatic carbocycles. The van der Waals surface area contributed by atoms with Crippen LogP contribution in [0.1, 0.15) is 18.9 Å². The van der Waals surface area contributed by atoms with Gasteiger partial charge in [-0.05, 0) is 25.5 Å². The van der Waals surface area contributed by atoms with Crippen molar-refractivity contribution in [1.29, 1.82) is 0 Å². The number of aromatic nitrogens is 2. The van der Waals surface area contributed by atoms with Gasteiger partial charge >= 0.3 is 0 Å². The molecule has 0 saturated carbocycles. The largest absolute Gasteiger partial charge is 0.370 e. The fourth-order valence-corrected chi connectivity index (χ4v) is 2.39. The molecule has 5 heteroatoms. The number of nitrogens with one attached hydrogen (secondary N) is 1. The van der Waals surface area contributed by atoms with Gasteiger partial charge < -0.3 is 11.1 Å². The van der Waals surface area contributed by atoms with E-state index >= 15 is 0 Å². The third-order valence-corrected chi connectivity index (χ3v) is 3.45. The Balaban J connectivity index is 2.15. The van der Waals surface area contributed by atoms with Crippen LogP contribution >= 0.6 is 11.8 Å². The van der Waals surface area contributed by atoms with Gasteiger partial charge in [0.2, 0.25) is 5.95 Å². The molecule has 0 radical (unpaired) electrons. The summed E-state index contributed by atoms with van der Waals surface area (Å²) >= 11 is 1.59. The number of hydrogen-bond acceptors (Lipinski definition) is 5. The molecule has 0 bridgehead atoms. The summed E-state index contributed by atoms with van der Waals surface area (Å²) in [7, 11) is 0. The summed E-state index contributed by atoms with van der Waals surface area (Å²) in [6.45, 7) is 5.06. The number of benzene rings is 1. The summed E-state index contributed by atoms with van der Waals surface area (Å²) in [5.41, 5.74) is 6.98. The van der Waals surface area contributed by atoms with Crippen LogP contribution in [0.4, 0.5) is 11.8 Å². The van der Waals surface area contributed by atoms with Crippen molar-refractivity contribution in [1.82, 2.24) is 9.97 Å². The summed E-state index contributed by atoms with van der Waals surface area (Å²) < 4.78 is 0. The van der Waals surface area contributed by atoms with Crippen LogP contribution in [0.2, 0.25) is 0 Å². The number of nitrogens with zero attached hydrogens (tertiary/aromatic N) is 2. The fraction of sp³-hybridized carbons (Fsp3) is 0.286. The van der Waals surface area contributed by atoms with Gasteiger partial charge in [0.25, 0.3) is 0 Å². The first-order valence-corrected chi connectivity index (χ1v) is 7.12. The van der Waals surface area contributed by atoms with Gasteiger partial charge in [-0.25, -0.2) is 4.98 Å². The van der Waals surface area contributed by atoms with Crippen molar-refractivity contribution >= 4 is 23.5 Å². The minimum absolute atomic E-state index is 0.302. The maximum Gasteiger partial charge on any atom is 0.223 e. The Bertz CT molecular complexity index is 540. The maximum atomic E-state index is 5.73. The minimum atomic E-state index is 0.302. The third kappa shape index (κ3) is 4.13. The Hall–Kier alpha value is -1.75. The second-order valence-electron chi connectivity index (χ2n) is 4.29. The minimum Gasteiger partial charge on any atom is -0.370 e. The van der Waals surface area contributed by atoms with Crippen LogP contribution in [0.3, 0.4) is 0 Å². The van der Waals surface area contributed by atoms with Crippen molar-refractivity contribution in [2.75, 3.05) is 17.6 Å². The Labute approximate surface area is 117 Å². The molecular formula is C14H18N4S. The van der Waals surface area contributed by atoms with Crippen LogP contribution in [0.25, 0.3) is 0 Å². The van der Waals surface area contributed by atoms with Crippen LogP contribution in [-0.2, 0) is 0 Å². The highest BCUT2D eigenvalue weighted by Crippen LogP contribution is 2.27. The van der Waals surface area contributed by atoms with E-state index in [0.717, 1.165) is 28.7 Å². The van der Waals surface area contributed by atoms with Crippen LogP contribution in [-0.4, -0.2) is 16.5 Å². The van der Waals surface area contributed by atoms with Crippen molar-refractivity contribution < 1.29 is 0 Å². The Morgan fingerprint density at radius 1 is 1.21 bits per heavy atom. The number of aryl methyl sites for hydroxylation is 1. The van der Waals surface area contributed by atoms with Gasteiger partial charge in [-0.1, -0.05) is 36.4 Å². The first kappa shape index (κ1) is 13.7. The molecule has 1 heterocycles. The highest BCUT2D eigenvalue weighted by Gasteiger charge is 2.04. The van der Waals surface area contributed by atoms with Gasteiger partial charge in [-0.15, -0.1) is 0 Å². The molecule has 0 saturated heterocycles. The molecule has 1 aromatic heterocycles. The molecular weight excluding hydrogens is 256 g/mol. The maximum absolute atomic E-state index is 5.73. The second-order valence-corrected chi connectivity index (χ2v) is 5.39. The molecule has 0 unspecified atom stereocenters. The number of hydrogen-bond donors (Lipinski definition) is 2. The van der Waals surface area contributed by atoms with Crippen LogP contribution < -0.4 is 11.1 Å². The molecule has 0 spiro atoms. The average molecular weight is 274 g/mol. The number of nitrogens with two attached hydrogens (primary N) is 1. The molecule has 19 heavy (non-hydrogen) atoms. The van der Waals surface area contributed by atoms with Gasteiger partial charge in [-0.2, -0.15) is 4.98 Å². The van der Waals surface area contributed by atoms with E-state index in [1.165, 1.54) is 5.56 Å². The van der Waals surface area contributed by atoms with Crippen LogP contribution in [0.15, 0.2) is 40.3 Å². The third-order valence-electron chi connectivity index (χ3n) is 2.52. The van der Waals surface area contributed by atoms with Crippen molar-refractivity contribution in [3.63, 3.8) is 0 Å². The van der Waals surface area contributed by atoms with E-state index in [2.05, 4.69) is 53.4 Å². The van der Waals surface area contributed by atoms with E-state index in [0.29, 0.717) is 5.95 Å². The van der Waals surface area contributed by atoms with E-state index in [-0.39, 0.29) is 0 Å². The summed E-state index contributed by atoms with van der Waals surface area (Å²) in [5, 5.41) is 4.08. The summed E-state index contributed by atoms with van der Waals surface area (Å²) in [6, 6.07) is 10.3. The molecule has 0 fully saturated rings. The fourth-order valence-electron chi connectivity index (χ4n) is 1.57. The van der Waals surface area contributed by atoms with Crippen molar-refractivity contribution in [2.24, 2.45) is 0 Å². The Morgan fingerprint density at radius 3 is 2.63 bits per heavy atom. The molecule has 3 N–H and O–H groups in total. The Kier molecular flexibility index (Phi) is 4.63. The second kappa shape index (κ2) is 6.43. The van der Waals surface area contributed by atoms with Gasteiger partial charge in [0.05, 0.1) is 0 Å². The summed E-state index contributed by atoms with van der Waals surface area (Å²) in [4.78, 5) is 9.56. The first-order chi connectivity index (χ1) is 9.17. The zero-order chi connectivity index (χ0) is 13.7. The van der Waals surface area contributed by atoms with E-state index in [1.54, 1.807) is 11.8 Å². The number of nitrogen functional groups attached to an aromatic ring is 1. The SMILES string of the molecule is CCCNc1cc(Sc2ccc(C)cc2)nc(N)n1. The molecule has 4 nitrogen and oxygen atoms in total. The molecule has 0 aliphatic rings. The molecule has 0 aliphatic heterocycles. The van der Waals surface area contributed by atoms with E-state index in [1.807, 2.05) is 6.07 Å². The molecule has 1 aromatic carbocycles. The van der Waals surface area contributed by atoms with E-state index in [9.17, 15) is 0 Å². The highest BCUT2D eigenvalue weighted by molar-refractivity contribution is 7.99. The van der Waals surface area contributed by atoms with Gasteiger partial charge in [0.1, 0.15) is 10.8 Å². The lowest BCUT2D eigenvalue weighted by atomic mass is 10.2. The number of anilines is 2. The average Bonchev–Trinajstić information content (AvgIpc) is 2.38. The summed E-state index contributed by atoms with van der Waals surface area (Å²) in [5.74, 6) is 1.08. The molecule has 100 valence electrons. The van der Waals surface area contributed by atoms with Crippen LogP contribution in [0, 0.1) is 6.92 Å². The van der Waals surface area contributed by atoms with Crippen molar-refractivity contribution in [3.05, 3.63) is 35.9 Å². The number of rotatable bonds is 5. The monoisotopic (exact) mass is 274 g/mol. The molecule has 2 rings (SSSR count). The summed E-state index contributed by atoms with van der Waals surface area (Å²) in [6.07, 6.45) is 1.05. The van der Waals surface area contributed by atoms with Crippen molar-refractivity contribution in [2.45, 2.75) is 30.2 Å². The predicted molar refractivity (Wildman–Crippen MR) is 80.5 cm³/mol. The van der Waals surface area contributed by atoms with E-state index < -0.39 is 0 Å². The zero-order valence-corrected chi connectivity index (χ0v) is 12.0. The molecule has 2 aromatic rings. The van der Waals surface area contributed by atoms with Gasteiger partial charge in [0.15, 0.2) is 0 Å². The predicted octanol–water partition coefficient (Wildman–Crippen LogP) is 3.34. The van der Waals surface area contributed by atoms with Gasteiger partial charge in [-0.3, -0.25) is 0 Å². The molecule has 0 amide bonds. The van der Waals surface area contributed by atoms with Gasteiger partial charge in [0, 0.05) is 17.5 Å². The van der Waals surface area contributed by atoms with Crippen molar-refractivity contribution in [3.8, 4) is 0 Å². The zero-order valence-electron chi connectivity index (χ0n) is 11.2. The smallest absolute Gasteiger partial charge is 0.223 e. The lowest BCUT2D eigenvalue weighted by Crippen LogP contribution is -2.05. The van der Waals surface area contributed by atoms with Crippen LogP contribution in [0.5, 0.6) is 0 Å². The lowest BCUT2D eigenvalue weighted by Gasteiger charge is -2.07. The van der Waals surface area contributed by atoms with E-state index in [4.69, 9.17) is 5.73 Å².